The summed E-state index contributed by atoms with van der Waals surface area (Å²) in [6.07, 6.45) is 11.4. The largest absolute Gasteiger partial charge is 0.317 e. The fourth-order valence-electron chi connectivity index (χ4n) is 4.67. The summed E-state index contributed by atoms with van der Waals surface area (Å²) < 4.78 is 0. The first-order valence-corrected chi connectivity index (χ1v) is 9.16. The average molecular weight is 280 g/mol. The van der Waals surface area contributed by atoms with Crippen molar-refractivity contribution >= 4 is 0 Å². The molecule has 1 saturated carbocycles. The maximum Gasteiger partial charge on any atom is 0.0105 e. The summed E-state index contributed by atoms with van der Waals surface area (Å²) in [5.41, 5.74) is 0. The minimum absolute atomic E-state index is 0.772. The second-order valence-corrected chi connectivity index (χ2v) is 7.33. The first kappa shape index (κ1) is 16.3. The van der Waals surface area contributed by atoms with Crippen molar-refractivity contribution < 1.29 is 0 Å². The Labute approximate surface area is 126 Å². The van der Waals surface area contributed by atoms with E-state index in [-0.39, 0.29) is 0 Å². The van der Waals surface area contributed by atoms with Crippen LogP contribution in [0.1, 0.15) is 65.2 Å². The van der Waals surface area contributed by atoms with Crippen molar-refractivity contribution in [1.82, 2.24) is 10.2 Å². The molecular weight excluding hydrogens is 244 g/mol. The zero-order chi connectivity index (χ0) is 14.4. The van der Waals surface area contributed by atoms with Gasteiger partial charge in [0.25, 0.3) is 0 Å². The second-order valence-electron chi connectivity index (χ2n) is 7.33. The predicted octanol–water partition coefficient (Wildman–Crippen LogP) is 3.91. The second kappa shape index (κ2) is 8.38. The van der Waals surface area contributed by atoms with E-state index in [1.54, 1.807) is 0 Å². The van der Waals surface area contributed by atoms with Crippen LogP contribution in [0.25, 0.3) is 0 Å². The van der Waals surface area contributed by atoms with Crippen molar-refractivity contribution in [2.45, 2.75) is 71.3 Å². The van der Waals surface area contributed by atoms with E-state index in [1.165, 1.54) is 71.0 Å². The molecule has 0 aromatic rings. The minimum atomic E-state index is 0.772. The van der Waals surface area contributed by atoms with Crippen LogP contribution in [0.15, 0.2) is 0 Å². The van der Waals surface area contributed by atoms with E-state index in [2.05, 4.69) is 31.1 Å². The van der Waals surface area contributed by atoms with Gasteiger partial charge in [-0.1, -0.05) is 33.1 Å². The van der Waals surface area contributed by atoms with Crippen molar-refractivity contribution in [1.29, 1.82) is 0 Å². The normalized spacial score (nSPS) is 35.5. The van der Waals surface area contributed by atoms with E-state index < -0.39 is 0 Å². The van der Waals surface area contributed by atoms with Crippen LogP contribution in [-0.2, 0) is 0 Å². The minimum Gasteiger partial charge on any atom is -0.317 e. The van der Waals surface area contributed by atoms with Gasteiger partial charge in [-0.3, -0.25) is 0 Å². The first-order valence-electron chi connectivity index (χ1n) is 9.16. The molecule has 0 amide bonds. The highest BCUT2D eigenvalue weighted by Crippen LogP contribution is 2.33. The highest BCUT2D eigenvalue weighted by atomic mass is 15.2. The third kappa shape index (κ3) is 4.46. The predicted molar refractivity (Wildman–Crippen MR) is 88.0 cm³/mol. The van der Waals surface area contributed by atoms with Crippen LogP contribution in [0.5, 0.6) is 0 Å². The van der Waals surface area contributed by atoms with Crippen molar-refractivity contribution in [2.75, 3.05) is 26.7 Å². The lowest BCUT2D eigenvalue weighted by molar-refractivity contribution is 0.151. The third-order valence-corrected chi connectivity index (χ3v) is 5.72. The fourth-order valence-corrected chi connectivity index (χ4v) is 4.67. The number of rotatable bonds is 7. The van der Waals surface area contributed by atoms with Crippen molar-refractivity contribution in [3.63, 3.8) is 0 Å². The molecule has 2 fully saturated rings. The maximum atomic E-state index is 3.60. The summed E-state index contributed by atoms with van der Waals surface area (Å²) in [6, 6.07) is 0.772. The Bertz CT molecular complexity index is 266. The summed E-state index contributed by atoms with van der Waals surface area (Å²) >= 11 is 0. The Hall–Kier alpha value is -0.0800. The number of likely N-dealkylation sites (tertiary alicyclic amines) is 1. The van der Waals surface area contributed by atoms with Gasteiger partial charge in [-0.25, -0.2) is 0 Å². The maximum absolute atomic E-state index is 3.60. The standard InChI is InChI=1S/C18H36N2/c1-4-6-15-8-9-18(19-3)17(12-15)14-20-11-10-16(13-20)7-5-2/h15-19H,4-14H2,1-3H3. The molecule has 1 aliphatic heterocycles. The zero-order valence-corrected chi connectivity index (χ0v) is 14.0. The van der Waals surface area contributed by atoms with E-state index >= 15 is 0 Å². The van der Waals surface area contributed by atoms with Gasteiger partial charge in [-0.15, -0.1) is 0 Å². The average Bonchev–Trinajstić information content (AvgIpc) is 2.87. The van der Waals surface area contributed by atoms with Gasteiger partial charge in [0.1, 0.15) is 0 Å². The molecule has 2 aliphatic rings. The molecular formula is C18H36N2. The van der Waals surface area contributed by atoms with Crippen molar-refractivity contribution in [3.8, 4) is 0 Å². The number of hydrogen-bond acceptors (Lipinski definition) is 2. The number of nitrogens with zero attached hydrogens (tertiary/aromatic N) is 1. The van der Waals surface area contributed by atoms with Gasteiger partial charge >= 0.3 is 0 Å². The number of hydrogen-bond donors (Lipinski definition) is 1. The molecule has 0 aromatic carbocycles. The SMILES string of the molecule is CCCC1CCC(NC)C(CN2CCC(CCC)C2)C1. The lowest BCUT2D eigenvalue weighted by Gasteiger charge is -2.38. The topological polar surface area (TPSA) is 15.3 Å². The van der Waals surface area contributed by atoms with E-state index in [0.717, 1.165) is 23.8 Å². The van der Waals surface area contributed by atoms with Gasteiger partial charge in [-0.2, -0.15) is 0 Å². The monoisotopic (exact) mass is 280 g/mol. The molecule has 2 rings (SSSR count). The molecule has 1 saturated heterocycles. The van der Waals surface area contributed by atoms with Gasteiger partial charge in [0, 0.05) is 19.1 Å². The van der Waals surface area contributed by atoms with E-state index in [1.807, 2.05) is 0 Å². The molecule has 2 heteroatoms. The van der Waals surface area contributed by atoms with Crippen LogP contribution in [0.2, 0.25) is 0 Å². The zero-order valence-electron chi connectivity index (χ0n) is 14.0. The smallest absolute Gasteiger partial charge is 0.0105 e. The molecule has 4 unspecified atom stereocenters. The summed E-state index contributed by atoms with van der Waals surface area (Å²) in [4.78, 5) is 2.77. The molecule has 1 aliphatic carbocycles. The van der Waals surface area contributed by atoms with Crippen LogP contribution >= 0.6 is 0 Å². The van der Waals surface area contributed by atoms with Crippen molar-refractivity contribution in [3.05, 3.63) is 0 Å². The van der Waals surface area contributed by atoms with Crippen LogP contribution in [0.3, 0.4) is 0 Å². The van der Waals surface area contributed by atoms with Crippen LogP contribution in [0, 0.1) is 17.8 Å². The Morgan fingerprint density at radius 3 is 2.45 bits per heavy atom. The van der Waals surface area contributed by atoms with Gasteiger partial charge in [0.15, 0.2) is 0 Å². The van der Waals surface area contributed by atoms with Crippen LogP contribution < -0.4 is 5.32 Å². The lowest BCUT2D eigenvalue weighted by Crippen LogP contribution is -2.44. The van der Waals surface area contributed by atoms with Crippen molar-refractivity contribution in [2.24, 2.45) is 17.8 Å². The molecule has 0 aromatic heterocycles. The summed E-state index contributed by atoms with van der Waals surface area (Å²) in [5.74, 6) is 2.89. The third-order valence-electron chi connectivity index (χ3n) is 5.72. The molecule has 1 heterocycles. The molecule has 1 N–H and O–H groups in total. The Morgan fingerprint density at radius 1 is 1.00 bits per heavy atom. The van der Waals surface area contributed by atoms with E-state index in [9.17, 15) is 0 Å². The lowest BCUT2D eigenvalue weighted by atomic mass is 9.76. The molecule has 0 spiro atoms. The van der Waals surface area contributed by atoms with Crippen LogP contribution in [-0.4, -0.2) is 37.6 Å². The summed E-state index contributed by atoms with van der Waals surface area (Å²) in [7, 11) is 2.17. The number of nitrogens with one attached hydrogen (secondary N) is 1. The molecule has 0 radical (unpaired) electrons. The quantitative estimate of drug-likeness (QED) is 0.760. The molecule has 20 heavy (non-hydrogen) atoms. The van der Waals surface area contributed by atoms with E-state index in [4.69, 9.17) is 0 Å². The molecule has 118 valence electrons. The molecule has 2 nitrogen and oxygen atoms in total. The van der Waals surface area contributed by atoms with Gasteiger partial charge in [-0.05, 0) is 63.5 Å². The highest BCUT2D eigenvalue weighted by molar-refractivity contribution is 4.87. The Balaban J connectivity index is 1.82. The Morgan fingerprint density at radius 2 is 1.75 bits per heavy atom. The first-order chi connectivity index (χ1) is 9.76. The Kier molecular flexibility index (Phi) is 6.83. The highest BCUT2D eigenvalue weighted by Gasteiger charge is 2.32. The van der Waals surface area contributed by atoms with Gasteiger partial charge in [0.05, 0.1) is 0 Å². The fraction of sp³-hybridized carbons (Fsp3) is 1.00. The van der Waals surface area contributed by atoms with Gasteiger partial charge in [0.2, 0.25) is 0 Å². The summed E-state index contributed by atoms with van der Waals surface area (Å²) in [5, 5.41) is 3.60. The summed E-state index contributed by atoms with van der Waals surface area (Å²) in [6.45, 7) is 8.76. The molecule has 0 bridgehead atoms. The molecule has 4 atom stereocenters. The van der Waals surface area contributed by atoms with Gasteiger partial charge < -0.3 is 10.2 Å². The van der Waals surface area contributed by atoms with E-state index in [0.29, 0.717) is 0 Å². The van der Waals surface area contributed by atoms with Crippen LogP contribution in [0.4, 0.5) is 0 Å².